The van der Waals surface area contributed by atoms with E-state index < -0.39 is 0 Å². The zero-order valence-corrected chi connectivity index (χ0v) is 13.2. The Morgan fingerprint density at radius 1 is 1.52 bits per heavy atom. The molecule has 3 heterocycles. The lowest BCUT2D eigenvalue weighted by Crippen LogP contribution is -2.47. The van der Waals surface area contributed by atoms with Crippen molar-refractivity contribution < 1.29 is 9.53 Å². The van der Waals surface area contributed by atoms with Crippen molar-refractivity contribution in [3.8, 4) is 11.4 Å². The van der Waals surface area contributed by atoms with Crippen LogP contribution in [0.4, 0.5) is 10.5 Å². The largest absolute Gasteiger partial charge is 0.375 e. The van der Waals surface area contributed by atoms with E-state index in [-0.39, 0.29) is 12.1 Å². The van der Waals surface area contributed by atoms with E-state index in [2.05, 4.69) is 27.4 Å². The molecule has 1 saturated heterocycles. The van der Waals surface area contributed by atoms with Gasteiger partial charge in [-0.25, -0.2) is 4.79 Å². The van der Waals surface area contributed by atoms with Gasteiger partial charge in [-0.3, -0.25) is 10.1 Å². The van der Waals surface area contributed by atoms with E-state index in [1.165, 1.54) is 0 Å². The molecule has 0 saturated carbocycles. The summed E-state index contributed by atoms with van der Waals surface area (Å²) >= 11 is 0. The number of anilines is 1. The van der Waals surface area contributed by atoms with E-state index in [4.69, 9.17) is 4.74 Å². The normalized spacial score (nSPS) is 18.0. The number of aromatic amines is 1. The molecule has 0 bridgehead atoms. The van der Waals surface area contributed by atoms with Gasteiger partial charge >= 0.3 is 6.03 Å². The maximum atomic E-state index is 12.5. The van der Waals surface area contributed by atoms with Crippen LogP contribution in [-0.2, 0) is 4.74 Å². The summed E-state index contributed by atoms with van der Waals surface area (Å²) in [5, 5.41) is 9.83. The number of nitrogens with one attached hydrogen (secondary N) is 2. The lowest BCUT2D eigenvalue weighted by Gasteiger charge is -2.32. The minimum atomic E-state index is -0.131. The summed E-state index contributed by atoms with van der Waals surface area (Å²) in [6, 6.07) is 5.48. The SMILES string of the molecule is CCCC1CN(C(=O)Nc2cn[nH]c2-c2ccccn2)CCO1. The van der Waals surface area contributed by atoms with Gasteiger partial charge in [-0.15, -0.1) is 0 Å². The van der Waals surface area contributed by atoms with Crippen molar-refractivity contribution >= 4 is 11.7 Å². The third-order valence-corrected chi connectivity index (χ3v) is 3.84. The van der Waals surface area contributed by atoms with Gasteiger partial charge in [-0.1, -0.05) is 19.4 Å². The molecule has 2 aromatic rings. The third-order valence-electron chi connectivity index (χ3n) is 3.84. The molecule has 1 aliphatic heterocycles. The highest BCUT2D eigenvalue weighted by Crippen LogP contribution is 2.23. The first-order valence-electron chi connectivity index (χ1n) is 7.90. The van der Waals surface area contributed by atoms with Gasteiger partial charge < -0.3 is 15.0 Å². The fourth-order valence-electron chi connectivity index (χ4n) is 2.68. The minimum Gasteiger partial charge on any atom is -0.375 e. The van der Waals surface area contributed by atoms with Gasteiger partial charge in [0.15, 0.2) is 0 Å². The summed E-state index contributed by atoms with van der Waals surface area (Å²) in [7, 11) is 0. The van der Waals surface area contributed by atoms with Gasteiger partial charge in [0.1, 0.15) is 5.69 Å². The second kappa shape index (κ2) is 7.23. The Bertz CT molecular complexity index is 641. The first kappa shape index (κ1) is 15.5. The molecule has 1 aliphatic rings. The van der Waals surface area contributed by atoms with Crippen LogP contribution < -0.4 is 5.32 Å². The molecule has 2 amide bonds. The van der Waals surface area contributed by atoms with Gasteiger partial charge in [-0.05, 0) is 18.6 Å². The Hall–Kier alpha value is -2.41. The predicted molar refractivity (Wildman–Crippen MR) is 87.1 cm³/mol. The third kappa shape index (κ3) is 3.68. The van der Waals surface area contributed by atoms with Gasteiger partial charge in [0.25, 0.3) is 0 Å². The molecule has 0 aromatic carbocycles. The van der Waals surface area contributed by atoms with Crippen LogP contribution in [0.5, 0.6) is 0 Å². The van der Waals surface area contributed by atoms with Gasteiger partial charge in [-0.2, -0.15) is 5.10 Å². The van der Waals surface area contributed by atoms with Crippen molar-refractivity contribution in [2.75, 3.05) is 25.0 Å². The summed E-state index contributed by atoms with van der Waals surface area (Å²) in [4.78, 5) is 18.6. The highest BCUT2D eigenvalue weighted by atomic mass is 16.5. The van der Waals surface area contributed by atoms with Crippen LogP contribution in [0.3, 0.4) is 0 Å². The molecule has 0 spiro atoms. The van der Waals surface area contributed by atoms with Gasteiger partial charge in [0.05, 0.1) is 30.3 Å². The number of amides is 2. The Morgan fingerprint density at radius 3 is 3.22 bits per heavy atom. The summed E-state index contributed by atoms with van der Waals surface area (Å²) in [6.45, 7) is 3.92. The van der Waals surface area contributed by atoms with Crippen LogP contribution in [0.2, 0.25) is 0 Å². The standard InChI is InChI=1S/C16H21N5O2/c1-2-5-12-11-21(8-9-23-12)16(22)19-14-10-18-20-15(14)13-6-3-4-7-17-13/h3-4,6-7,10,12H,2,5,8-9,11H2,1H3,(H,18,20)(H,19,22). The Morgan fingerprint density at radius 2 is 2.43 bits per heavy atom. The number of hydrogen-bond acceptors (Lipinski definition) is 4. The van der Waals surface area contributed by atoms with E-state index >= 15 is 0 Å². The number of H-pyrrole nitrogens is 1. The summed E-state index contributed by atoms with van der Waals surface area (Å²) < 4.78 is 5.68. The van der Waals surface area contributed by atoms with Crippen molar-refractivity contribution in [3.05, 3.63) is 30.6 Å². The highest BCUT2D eigenvalue weighted by Gasteiger charge is 2.24. The van der Waals surface area contributed by atoms with Crippen molar-refractivity contribution in [2.24, 2.45) is 0 Å². The molecular formula is C16H21N5O2. The predicted octanol–water partition coefficient (Wildman–Crippen LogP) is 2.50. The fraction of sp³-hybridized carbons (Fsp3) is 0.438. The number of rotatable bonds is 4. The Balaban J connectivity index is 1.68. The van der Waals surface area contributed by atoms with Crippen molar-refractivity contribution in [2.45, 2.75) is 25.9 Å². The summed E-state index contributed by atoms with van der Waals surface area (Å²) in [5.74, 6) is 0. The van der Waals surface area contributed by atoms with Crippen LogP contribution in [-0.4, -0.2) is 51.9 Å². The molecule has 1 atom stereocenters. The second-order valence-corrected chi connectivity index (χ2v) is 5.53. The zero-order chi connectivity index (χ0) is 16.1. The average molecular weight is 315 g/mol. The zero-order valence-electron chi connectivity index (χ0n) is 13.2. The van der Waals surface area contributed by atoms with Crippen LogP contribution in [0.15, 0.2) is 30.6 Å². The van der Waals surface area contributed by atoms with Crippen molar-refractivity contribution in [1.82, 2.24) is 20.1 Å². The van der Waals surface area contributed by atoms with Crippen LogP contribution in [0.1, 0.15) is 19.8 Å². The monoisotopic (exact) mass is 315 g/mol. The molecule has 23 heavy (non-hydrogen) atoms. The van der Waals surface area contributed by atoms with E-state index in [0.29, 0.717) is 31.1 Å². The highest BCUT2D eigenvalue weighted by molar-refractivity contribution is 5.93. The molecule has 122 valence electrons. The topological polar surface area (TPSA) is 83.1 Å². The quantitative estimate of drug-likeness (QED) is 0.908. The lowest BCUT2D eigenvalue weighted by molar-refractivity contribution is -0.0162. The first-order chi connectivity index (χ1) is 11.3. The molecule has 0 aliphatic carbocycles. The van der Waals surface area contributed by atoms with E-state index in [1.54, 1.807) is 17.3 Å². The number of morpholine rings is 1. The molecule has 7 nitrogen and oxygen atoms in total. The number of carbonyl (C=O) groups is 1. The average Bonchev–Trinajstić information content (AvgIpc) is 3.04. The molecule has 1 fully saturated rings. The number of urea groups is 1. The molecule has 1 unspecified atom stereocenters. The summed E-state index contributed by atoms with van der Waals surface area (Å²) in [6.07, 6.45) is 5.45. The van der Waals surface area contributed by atoms with Crippen LogP contribution in [0, 0.1) is 0 Å². The van der Waals surface area contributed by atoms with E-state index in [1.807, 2.05) is 18.2 Å². The number of ether oxygens (including phenoxy) is 1. The number of carbonyl (C=O) groups excluding carboxylic acids is 1. The molecule has 2 N–H and O–H groups in total. The first-order valence-corrected chi connectivity index (χ1v) is 7.90. The Labute approximate surface area is 135 Å². The number of pyridine rings is 1. The molecular weight excluding hydrogens is 294 g/mol. The number of hydrogen-bond donors (Lipinski definition) is 2. The maximum absolute atomic E-state index is 12.5. The van der Waals surface area contributed by atoms with Crippen LogP contribution >= 0.6 is 0 Å². The lowest BCUT2D eigenvalue weighted by atomic mass is 10.2. The van der Waals surface area contributed by atoms with E-state index in [0.717, 1.165) is 18.5 Å². The van der Waals surface area contributed by atoms with Gasteiger partial charge in [0.2, 0.25) is 0 Å². The maximum Gasteiger partial charge on any atom is 0.322 e. The molecule has 7 heteroatoms. The van der Waals surface area contributed by atoms with Crippen molar-refractivity contribution in [3.63, 3.8) is 0 Å². The minimum absolute atomic E-state index is 0.124. The van der Waals surface area contributed by atoms with Gasteiger partial charge in [0, 0.05) is 19.3 Å². The molecule has 0 radical (unpaired) electrons. The second-order valence-electron chi connectivity index (χ2n) is 5.53. The fourth-order valence-corrected chi connectivity index (χ4v) is 2.68. The summed E-state index contributed by atoms with van der Waals surface area (Å²) in [5.41, 5.74) is 2.08. The smallest absolute Gasteiger partial charge is 0.322 e. The molecule has 2 aromatic heterocycles. The number of aromatic nitrogens is 3. The van der Waals surface area contributed by atoms with Crippen LogP contribution in [0.25, 0.3) is 11.4 Å². The number of nitrogens with zero attached hydrogens (tertiary/aromatic N) is 3. The molecule has 3 rings (SSSR count). The van der Waals surface area contributed by atoms with Crippen molar-refractivity contribution in [1.29, 1.82) is 0 Å². The van der Waals surface area contributed by atoms with E-state index in [9.17, 15) is 4.79 Å². The Kier molecular flexibility index (Phi) is 4.87.